The number of para-hydroxylation sites is 1. The summed E-state index contributed by atoms with van der Waals surface area (Å²) in [5.41, 5.74) is 10.4. The Morgan fingerprint density at radius 1 is 1.25 bits per heavy atom. The average molecular weight is 213 g/mol. The van der Waals surface area contributed by atoms with E-state index < -0.39 is 0 Å². The molecule has 80 valence electrons. The van der Waals surface area contributed by atoms with Gasteiger partial charge in [-0.3, -0.25) is 0 Å². The summed E-state index contributed by atoms with van der Waals surface area (Å²) in [4.78, 5) is 7.50. The van der Waals surface area contributed by atoms with E-state index in [1.807, 2.05) is 24.4 Å². The number of hydrogen-bond donors (Lipinski definition) is 3. The molecule has 16 heavy (non-hydrogen) atoms. The lowest BCUT2D eigenvalue weighted by molar-refractivity contribution is 0.875. The van der Waals surface area contributed by atoms with Crippen LogP contribution in [0.2, 0.25) is 0 Å². The number of nitrogens with two attached hydrogens (primary N) is 1. The molecule has 1 aromatic carbocycles. The third-order valence-corrected chi connectivity index (χ3v) is 2.61. The number of hydrogen-bond acceptors (Lipinski definition) is 4. The maximum absolute atomic E-state index is 5.59. The van der Waals surface area contributed by atoms with Gasteiger partial charge in [-0.25, -0.2) is 10.4 Å². The minimum Gasteiger partial charge on any atom is -0.368 e. The molecule has 0 aliphatic carbocycles. The maximum atomic E-state index is 5.59. The number of aromatic amines is 1. The second-order valence-electron chi connectivity index (χ2n) is 3.64. The van der Waals surface area contributed by atoms with Crippen LogP contribution in [0.1, 0.15) is 11.6 Å². The number of guanidine groups is 1. The minimum absolute atomic E-state index is 0.114. The highest BCUT2D eigenvalue weighted by molar-refractivity contribution is 5.90. The summed E-state index contributed by atoms with van der Waals surface area (Å²) in [6.45, 7) is 0. The second kappa shape index (κ2) is 3.37. The van der Waals surface area contributed by atoms with Gasteiger partial charge in [0, 0.05) is 22.7 Å². The lowest BCUT2D eigenvalue weighted by Gasteiger charge is -2.12. The molecule has 0 fully saturated rings. The Morgan fingerprint density at radius 3 is 3.00 bits per heavy atom. The lowest BCUT2D eigenvalue weighted by atomic mass is 10.1. The molecule has 1 aromatic heterocycles. The number of rotatable bonds is 1. The van der Waals surface area contributed by atoms with E-state index >= 15 is 0 Å². The predicted octanol–water partition coefficient (Wildman–Crippen LogP) is 1.11. The highest BCUT2D eigenvalue weighted by Gasteiger charge is 2.15. The summed E-state index contributed by atoms with van der Waals surface area (Å²) in [6, 6.07) is 7.98. The fraction of sp³-hybridized carbons (Fsp3) is 0.0909. The van der Waals surface area contributed by atoms with Crippen molar-refractivity contribution < 1.29 is 0 Å². The van der Waals surface area contributed by atoms with Crippen LogP contribution < -0.4 is 11.2 Å². The number of nitrogens with zero attached hydrogens (tertiary/aromatic N) is 2. The molecule has 0 saturated carbocycles. The van der Waals surface area contributed by atoms with E-state index in [1.54, 1.807) is 6.21 Å². The summed E-state index contributed by atoms with van der Waals surface area (Å²) in [6.07, 6.45) is 3.69. The Labute approximate surface area is 92.1 Å². The van der Waals surface area contributed by atoms with Gasteiger partial charge in [0.25, 0.3) is 0 Å². The number of aromatic nitrogens is 1. The first-order chi connectivity index (χ1) is 7.84. The van der Waals surface area contributed by atoms with Crippen LogP contribution in [0, 0.1) is 0 Å². The first-order valence-corrected chi connectivity index (χ1v) is 5.03. The molecule has 0 amide bonds. The summed E-state index contributed by atoms with van der Waals surface area (Å²) in [7, 11) is 0. The zero-order chi connectivity index (χ0) is 11.0. The van der Waals surface area contributed by atoms with Gasteiger partial charge in [-0.2, -0.15) is 5.10 Å². The van der Waals surface area contributed by atoms with E-state index in [4.69, 9.17) is 5.73 Å². The van der Waals surface area contributed by atoms with Crippen LogP contribution in [-0.2, 0) is 0 Å². The molecule has 0 spiro atoms. The third-order valence-electron chi connectivity index (χ3n) is 2.61. The Morgan fingerprint density at radius 2 is 2.12 bits per heavy atom. The van der Waals surface area contributed by atoms with Gasteiger partial charge in [-0.1, -0.05) is 18.2 Å². The average Bonchev–Trinajstić information content (AvgIpc) is 2.72. The van der Waals surface area contributed by atoms with Crippen LogP contribution in [-0.4, -0.2) is 17.2 Å². The van der Waals surface area contributed by atoms with Crippen LogP contribution in [0.5, 0.6) is 0 Å². The maximum Gasteiger partial charge on any atom is 0.210 e. The van der Waals surface area contributed by atoms with Crippen molar-refractivity contribution >= 4 is 23.1 Å². The highest BCUT2D eigenvalue weighted by atomic mass is 15.4. The Hall–Kier alpha value is -2.30. The van der Waals surface area contributed by atoms with E-state index in [0.29, 0.717) is 5.96 Å². The van der Waals surface area contributed by atoms with Crippen molar-refractivity contribution in [3.8, 4) is 0 Å². The highest BCUT2D eigenvalue weighted by Crippen LogP contribution is 2.25. The van der Waals surface area contributed by atoms with Crippen molar-refractivity contribution in [3.63, 3.8) is 0 Å². The topological polar surface area (TPSA) is 78.6 Å². The summed E-state index contributed by atoms with van der Waals surface area (Å²) in [5, 5.41) is 5.11. The molecule has 1 aliphatic rings. The molecule has 4 N–H and O–H groups in total. The number of hydrazone groups is 1. The molecule has 1 aliphatic heterocycles. The van der Waals surface area contributed by atoms with E-state index in [0.717, 1.165) is 16.5 Å². The van der Waals surface area contributed by atoms with Gasteiger partial charge in [0.2, 0.25) is 5.96 Å². The van der Waals surface area contributed by atoms with E-state index in [-0.39, 0.29) is 6.04 Å². The summed E-state index contributed by atoms with van der Waals surface area (Å²) >= 11 is 0. The molecule has 0 bridgehead atoms. The number of aliphatic imine (C=N–C) groups is 1. The summed E-state index contributed by atoms with van der Waals surface area (Å²) in [5.74, 6) is 0.345. The SMILES string of the molecule is NC1=NC(c2c[nH]c3ccccc23)C=NN1. The molecule has 5 heteroatoms. The first-order valence-electron chi connectivity index (χ1n) is 5.03. The third kappa shape index (κ3) is 1.33. The molecule has 1 unspecified atom stereocenters. The van der Waals surface area contributed by atoms with E-state index in [2.05, 4.69) is 26.6 Å². The molecule has 1 atom stereocenters. The Kier molecular flexibility index (Phi) is 1.89. The number of benzene rings is 1. The quantitative estimate of drug-likeness (QED) is 0.663. The molecule has 5 nitrogen and oxygen atoms in total. The largest absolute Gasteiger partial charge is 0.368 e. The van der Waals surface area contributed by atoms with Crippen molar-refractivity contribution in [1.29, 1.82) is 0 Å². The van der Waals surface area contributed by atoms with Gasteiger partial charge in [-0.05, 0) is 6.07 Å². The van der Waals surface area contributed by atoms with Crippen LogP contribution in [0.25, 0.3) is 10.9 Å². The van der Waals surface area contributed by atoms with Crippen LogP contribution >= 0.6 is 0 Å². The second-order valence-corrected chi connectivity index (χ2v) is 3.64. The van der Waals surface area contributed by atoms with Gasteiger partial charge in [0.1, 0.15) is 6.04 Å². The minimum atomic E-state index is -0.114. The Bertz CT molecular complexity index is 581. The van der Waals surface area contributed by atoms with Crippen molar-refractivity contribution in [2.24, 2.45) is 15.8 Å². The molecular weight excluding hydrogens is 202 g/mol. The van der Waals surface area contributed by atoms with Gasteiger partial charge < -0.3 is 10.7 Å². The fourth-order valence-electron chi connectivity index (χ4n) is 1.87. The monoisotopic (exact) mass is 213 g/mol. The van der Waals surface area contributed by atoms with Gasteiger partial charge >= 0.3 is 0 Å². The zero-order valence-electron chi connectivity index (χ0n) is 8.51. The van der Waals surface area contributed by atoms with Crippen molar-refractivity contribution in [1.82, 2.24) is 10.4 Å². The van der Waals surface area contributed by atoms with Gasteiger partial charge in [0.05, 0.1) is 6.21 Å². The standard InChI is InChI=1S/C11H11N5/c12-11-15-10(6-14-16-11)8-5-13-9-4-2-1-3-7(8)9/h1-6,10,13H,(H3,12,15,16). The normalized spacial score (nSPS) is 19.5. The van der Waals surface area contributed by atoms with Crippen molar-refractivity contribution in [2.45, 2.75) is 6.04 Å². The van der Waals surface area contributed by atoms with Crippen molar-refractivity contribution in [3.05, 3.63) is 36.0 Å². The van der Waals surface area contributed by atoms with Crippen molar-refractivity contribution in [2.75, 3.05) is 0 Å². The van der Waals surface area contributed by atoms with Crippen LogP contribution in [0.3, 0.4) is 0 Å². The summed E-state index contributed by atoms with van der Waals surface area (Å²) < 4.78 is 0. The molecule has 0 saturated heterocycles. The molecular formula is C11H11N5. The van der Waals surface area contributed by atoms with E-state index in [9.17, 15) is 0 Å². The van der Waals surface area contributed by atoms with Crippen LogP contribution in [0.4, 0.5) is 0 Å². The lowest BCUT2D eigenvalue weighted by Crippen LogP contribution is -2.31. The molecule has 2 heterocycles. The Balaban J connectivity index is 2.12. The number of H-pyrrole nitrogens is 1. The molecule has 0 radical (unpaired) electrons. The fourth-order valence-corrected chi connectivity index (χ4v) is 1.87. The zero-order valence-corrected chi connectivity index (χ0v) is 8.51. The smallest absolute Gasteiger partial charge is 0.210 e. The predicted molar refractivity (Wildman–Crippen MR) is 64.3 cm³/mol. The van der Waals surface area contributed by atoms with Crippen LogP contribution in [0.15, 0.2) is 40.6 Å². The van der Waals surface area contributed by atoms with Gasteiger partial charge in [0.15, 0.2) is 0 Å². The van der Waals surface area contributed by atoms with E-state index in [1.165, 1.54) is 0 Å². The number of nitrogens with one attached hydrogen (secondary N) is 2. The van der Waals surface area contributed by atoms with Gasteiger partial charge in [-0.15, -0.1) is 0 Å². The molecule has 2 aromatic rings. The number of fused-ring (bicyclic) bond motifs is 1. The molecule has 3 rings (SSSR count). The first kappa shape index (κ1) is 8.96.